The van der Waals surface area contributed by atoms with Crippen molar-refractivity contribution in [1.82, 2.24) is 4.98 Å². The highest BCUT2D eigenvalue weighted by Gasteiger charge is 2.21. The van der Waals surface area contributed by atoms with Gasteiger partial charge in [0, 0.05) is 11.1 Å². The Bertz CT molecular complexity index is 1130. The van der Waals surface area contributed by atoms with Crippen LogP contribution in [-0.4, -0.2) is 30.1 Å². The van der Waals surface area contributed by atoms with E-state index in [9.17, 15) is 9.59 Å². The van der Waals surface area contributed by atoms with Crippen molar-refractivity contribution in [3.05, 3.63) is 65.4 Å². The van der Waals surface area contributed by atoms with Crippen LogP contribution >= 0.6 is 0 Å². The van der Waals surface area contributed by atoms with Gasteiger partial charge < -0.3 is 14.8 Å². The van der Waals surface area contributed by atoms with Gasteiger partial charge in [-0.2, -0.15) is 5.26 Å². The van der Waals surface area contributed by atoms with Crippen molar-refractivity contribution < 1.29 is 19.1 Å². The topological polar surface area (TPSA) is 101 Å². The number of nitriles is 1. The molecule has 0 spiro atoms. The SMILES string of the molecule is COc1ccc2nc(C)c(C(=O)OC(C)C(=O)Nc3cccc(C#N)c3)cc2c1. The first kappa shape index (κ1) is 19.8. The van der Waals surface area contributed by atoms with Crippen molar-refractivity contribution in [2.75, 3.05) is 12.4 Å². The zero-order chi connectivity index (χ0) is 21.0. The molecule has 146 valence electrons. The van der Waals surface area contributed by atoms with E-state index in [0.717, 1.165) is 10.9 Å². The second-order valence-corrected chi connectivity index (χ2v) is 6.41. The Balaban J connectivity index is 1.75. The Kier molecular flexibility index (Phi) is 5.74. The number of hydrogen-bond donors (Lipinski definition) is 1. The van der Waals surface area contributed by atoms with Crippen molar-refractivity contribution in [2.45, 2.75) is 20.0 Å². The summed E-state index contributed by atoms with van der Waals surface area (Å²) in [6, 6.07) is 15.5. The van der Waals surface area contributed by atoms with Crippen LogP contribution in [0.4, 0.5) is 5.69 Å². The van der Waals surface area contributed by atoms with Crippen LogP contribution in [-0.2, 0) is 9.53 Å². The quantitative estimate of drug-likeness (QED) is 0.669. The summed E-state index contributed by atoms with van der Waals surface area (Å²) in [6.45, 7) is 3.19. The summed E-state index contributed by atoms with van der Waals surface area (Å²) in [7, 11) is 1.56. The minimum absolute atomic E-state index is 0.275. The summed E-state index contributed by atoms with van der Waals surface area (Å²) < 4.78 is 10.5. The van der Waals surface area contributed by atoms with Crippen LogP contribution < -0.4 is 10.1 Å². The predicted octanol–water partition coefficient (Wildman–Crippen LogP) is 3.61. The fourth-order valence-electron chi connectivity index (χ4n) is 2.77. The molecule has 7 heteroatoms. The summed E-state index contributed by atoms with van der Waals surface area (Å²) in [4.78, 5) is 29.4. The molecule has 0 fully saturated rings. The van der Waals surface area contributed by atoms with Crippen LogP contribution in [0.3, 0.4) is 0 Å². The summed E-state index contributed by atoms with van der Waals surface area (Å²) in [5, 5.41) is 12.3. The number of nitrogens with one attached hydrogen (secondary N) is 1. The molecule has 7 nitrogen and oxygen atoms in total. The first-order chi connectivity index (χ1) is 13.9. The fraction of sp³-hybridized carbons (Fsp3) is 0.182. The Morgan fingerprint density at radius 3 is 2.69 bits per heavy atom. The van der Waals surface area contributed by atoms with E-state index in [1.54, 1.807) is 50.4 Å². The highest BCUT2D eigenvalue weighted by molar-refractivity contribution is 5.99. The van der Waals surface area contributed by atoms with E-state index in [1.807, 2.05) is 12.1 Å². The average molecular weight is 389 g/mol. The molecule has 1 atom stereocenters. The van der Waals surface area contributed by atoms with Gasteiger partial charge in [-0.3, -0.25) is 9.78 Å². The van der Waals surface area contributed by atoms with E-state index < -0.39 is 18.0 Å². The van der Waals surface area contributed by atoms with Crippen LogP contribution in [0, 0.1) is 18.3 Å². The molecule has 0 aliphatic carbocycles. The van der Waals surface area contributed by atoms with Gasteiger partial charge in [0.25, 0.3) is 5.91 Å². The smallest absolute Gasteiger partial charge is 0.340 e. The number of aromatic nitrogens is 1. The number of methoxy groups -OCH3 is 1. The Morgan fingerprint density at radius 2 is 1.97 bits per heavy atom. The number of nitrogens with zero attached hydrogens (tertiary/aromatic N) is 2. The molecule has 0 saturated carbocycles. The molecule has 3 aromatic rings. The fourth-order valence-corrected chi connectivity index (χ4v) is 2.77. The largest absolute Gasteiger partial charge is 0.497 e. The molecule has 3 rings (SSSR count). The molecule has 0 radical (unpaired) electrons. The van der Waals surface area contributed by atoms with Crippen molar-refractivity contribution in [1.29, 1.82) is 5.26 Å². The standard InChI is InChI=1S/C22H19N3O4/c1-13-19(11-16-10-18(28-3)7-8-20(16)24-13)22(27)29-14(2)21(26)25-17-6-4-5-15(9-17)12-23/h4-11,14H,1-3H3,(H,25,26). The lowest BCUT2D eigenvalue weighted by molar-refractivity contribution is -0.123. The number of carbonyl (C=O) groups is 2. The van der Waals surface area contributed by atoms with E-state index in [1.165, 1.54) is 13.0 Å². The Hall–Kier alpha value is -3.92. The minimum Gasteiger partial charge on any atom is -0.497 e. The van der Waals surface area contributed by atoms with Crippen LogP contribution in [0.1, 0.15) is 28.5 Å². The van der Waals surface area contributed by atoms with E-state index in [-0.39, 0.29) is 5.56 Å². The minimum atomic E-state index is -1.03. The third-order valence-corrected chi connectivity index (χ3v) is 4.34. The highest BCUT2D eigenvalue weighted by atomic mass is 16.5. The van der Waals surface area contributed by atoms with E-state index in [0.29, 0.717) is 22.7 Å². The normalized spacial score (nSPS) is 11.4. The molecule has 0 aliphatic heterocycles. The van der Waals surface area contributed by atoms with Gasteiger partial charge in [0.1, 0.15) is 5.75 Å². The molecular weight excluding hydrogens is 370 g/mol. The number of anilines is 1. The third kappa shape index (κ3) is 4.50. The number of esters is 1. The van der Waals surface area contributed by atoms with E-state index in [4.69, 9.17) is 14.7 Å². The second-order valence-electron chi connectivity index (χ2n) is 6.41. The van der Waals surface area contributed by atoms with Crippen molar-refractivity contribution in [3.63, 3.8) is 0 Å². The molecule has 0 bridgehead atoms. The molecule has 2 aromatic carbocycles. The lowest BCUT2D eigenvalue weighted by atomic mass is 10.1. The number of benzene rings is 2. The maximum Gasteiger partial charge on any atom is 0.340 e. The highest BCUT2D eigenvalue weighted by Crippen LogP contribution is 2.22. The average Bonchev–Trinajstić information content (AvgIpc) is 2.72. The van der Waals surface area contributed by atoms with Gasteiger partial charge in [-0.25, -0.2) is 4.79 Å². The summed E-state index contributed by atoms with van der Waals surface area (Å²) >= 11 is 0. The van der Waals surface area contributed by atoms with Gasteiger partial charge in [0.05, 0.1) is 35.5 Å². The van der Waals surface area contributed by atoms with Gasteiger partial charge >= 0.3 is 5.97 Å². The van der Waals surface area contributed by atoms with Crippen LogP contribution in [0.2, 0.25) is 0 Å². The first-order valence-electron chi connectivity index (χ1n) is 8.88. The zero-order valence-corrected chi connectivity index (χ0v) is 16.2. The Morgan fingerprint density at radius 1 is 1.17 bits per heavy atom. The van der Waals surface area contributed by atoms with Gasteiger partial charge in [-0.15, -0.1) is 0 Å². The third-order valence-electron chi connectivity index (χ3n) is 4.34. The molecule has 0 aliphatic rings. The zero-order valence-electron chi connectivity index (χ0n) is 16.2. The molecule has 1 N–H and O–H groups in total. The Labute approximate surface area is 167 Å². The summed E-state index contributed by atoms with van der Waals surface area (Å²) in [5.74, 6) is -0.496. The number of ether oxygens (including phenoxy) is 2. The van der Waals surface area contributed by atoms with Crippen LogP contribution in [0.15, 0.2) is 48.5 Å². The van der Waals surface area contributed by atoms with Crippen LogP contribution in [0.5, 0.6) is 5.75 Å². The molecule has 29 heavy (non-hydrogen) atoms. The van der Waals surface area contributed by atoms with Gasteiger partial charge in [-0.05, 0) is 56.3 Å². The lowest BCUT2D eigenvalue weighted by Crippen LogP contribution is -2.30. The van der Waals surface area contributed by atoms with Gasteiger partial charge in [0.15, 0.2) is 6.10 Å². The number of aryl methyl sites for hydroxylation is 1. The van der Waals surface area contributed by atoms with Crippen molar-refractivity contribution in [2.24, 2.45) is 0 Å². The molecular formula is C22H19N3O4. The molecule has 1 amide bonds. The van der Waals surface area contributed by atoms with Crippen molar-refractivity contribution in [3.8, 4) is 11.8 Å². The number of rotatable bonds is 5. The van der Waals surface area contributed by atoms with Gasteiger partial charge in [-0.1, -0.05) is 6.07 Å². The van der Waals surface area contributed by atoms with E-state index in [2.05, 4.69) is 10.3 Å². The van der Waals surface area contributed by atoms with Gasteiger partial charge in [0.2, 0.25) is 0 Å². The van der Waals surface area contributed by atoms with Crippen molar-refractivity contribution >= 4 is 28.5 Å². The molecule has 1 heterocycles. The van der Waals surface area contributed by atoms with Crippen LogP contribution in [0.25, 0.3) is 10.9 Å². The lowest BCUT2D eigenvalue weighted by Gasteiger charge is -2.15. The summed E-state index contributed by atoms with van der Waals surface area (Å²) in [5.41, 5.74) is 2.37. The number of fused-ring (bicyclic) bond motifs is 1. The second kappa shape index (κ2) is 8.40. The predicted molar refractivity (Wildman–Crippen MR) is 108 cm³/mol. The maximum absolute atomic E-state index is 12.6. The molecule has 1 aromatic heterocycles. The first-order valence-corrected chi connectivity index (χ1v) is 8.88. The molecule has 1 unspecified atom stereocenters. The monoisotopic (exact) mass is 389 g/mol. The molecule has 0 saturated heterocycles. The summed E-state index contributed by atoms with van der Waals surface area (Å²) in [6.07, 6.45) is -1.03. The maximum atomic E-state index is 12.6. The number of carbonyl (C=O) groups excluding carboxylic acids is 2. The number of pyridine rings is 1. The van der Waals surface area contributed by atoms with E-state index >= 15 is 0 Å². The number of hydrogen-bond acceptors (Lipinski definition) is 6. The number of amides is 1.